The van der Waals surface area contributed by atoms with Crippen molar-refractivity contribution in [3.8, 4) is 100 Å². The fourth-order valence-corrected chi connectivity index (χ4v) is 13.9. The summed E-state index contributed by atoms with van der Waals surface area (Å²) in [6.45, 7) is 0. The first-order valence-corrected chi connectivity index (χ1v) is 30.4. The van der Waals surface area contributed by atoms with Crippen LogP contribution in [0.1, 0.15) is 0 Å². The predicted octanol–water partition coefficient (Wildman–Crippen LogP) is 23.5. The minimum atomic E-state index is 1.12. The summed E-state index contributed by atoms with van der Waals surface area (Å²) in [7, 11) is 0. The van der Waals surface area contributed by atoms with E-state index in [9.17, 15) is 0 Å². The summed E-state index contributed by atoms with van der Waals surface area (Å²) < 4.78 is 4.86. The fraction of sp³-hybridized carbons (Fsp3) is 0. The molecule has 0 bridgehead atoms. The molecule has 0 unspecified atom stereocenters. The van der Waals surface area contributed by atoms with E-state index >= 15 is 0 Å². The van der Waals surface area contributed by atoms with Gasteiger partial charge in [0.1, 0.15) is 0 Å². The molecule has 17 rings (SSSR count). The van der Waals surface area contributed by atoms with Crippen molar-refractivity contribution in [2.75, 3.05) is 0 Å². The smallest absolute Gasteiger partial charge is 0.0541 e. The molecule has 0 atom stereocenters. The van der Waals surface area contributed by atoms with Gasteiger partial charge in [0.05, 0.1) is 22.1 Å². The van der Waals surface area contributed by atoms with Gasteiger partial charge in [0, 0.05) is 32.9 Å². The van der Waals surface area contributed by atoms with Gasteiger partial charge >= 0.3 is 0 Å². The lowest BCUT2D eigenvalue weighted by atomic mass is 9.84. The molecule has 0 fully saturated rings. The minimum absolute atomic E-state index is 1.12. The number of rotatable bonds is 10. The van der Waals surface area contributed by atoms with Crippen LogP contribution in [0.25, 0.3) is 166 Å². The van der Waals surface area contributed by atoms with Gasteiger partial charge in [-0.15, -0.1) is 0 Å². The van der Waals surface area contributed by atoms with Crippen molar-refractivity contribution in [1.82, 2.24) is 9.13 Å². The quantitative estimate of drug-likeness (QED) is 0.121. The molecule has 17 aromatic rings. The van der Waals surface area contributed by atoms with Crippen LogP contribution in [-0.4, -0.2) is 9.13 Å². The van der Waals surface area contributed by atoms with Gasteiger partial charge in [0.2, 0.25) is 0 Å². The fourth-order valence-electron chi connectivity index (χ4n) is 13.9. The van der Waals surface area contributed by atoms with Crippen LogP contribution in [0.4, 0.5) is 0 Å². The first-order valence-electron chi connectivity index (χ1n) is 30.4. The molecule has 0 aliphatic heterocycles. The first kappa shape index (κ1) is 50.9. The molecule has 0 amide bonds. The standard InChI is InChI=1S/C86H56N2/c1-7-19-57(20-8-1)67-37-47-81-75(51-67)76-52-68(58-21-9-2-10-22-58)38-48-82(76)87(81)71-41-31-61(32-42-71)65-35-45-73-79(55-65)85(63-27-15-5-16-28-63)74-46-36-66(56-80(74)86(73)64-29-17-6-18-30-64)62-33-43-72(44-34-62)88-83-49-39-69(59-23-11-3-12-24-59)53-77(83)78-54-70(40-50-84(78)88)60-25-13-4-14-26-60/h1-56H. The SMILES string of the molecule is c1ccc(-c2ccc3c(c2)c2cc(-c4ccccc4)ccc2n3-c2ccc(-c3ccc4c(-c5ccccc5)c5cc(-c6ccc(-n7c8ccc(-c9ccccc9)cc8c8cc(-c9ccccc9)ccc87)cc6)ccc5c(-c5ccccc5)c4c3)cc2)cc1. The number of benzene rings is 15. The maximum absolute atomic E-state index is 2.43. The second kappa shape index (κ2) is 21.2. The second-order valence-electron chi connectivity index (χ2n) is 23.2. The normalized spacial score (nSPS) is 11.6. The van der Waals surface area contributed by atoms with Crippen LogP contribution < -0.4 is 0 Å². The van der Waals surface area contributed by atoms with E-state index in [1.165, 1.54) is 143 Å². The monoisotopic (exact) mass is 1120 g/mol. The molecular formula is C86H56N2. The van der Waals surface area contributed by atoms with Crippen LogP contribution >= 0.6 is 0 Å². The van der Waals surface area contributed by atoms with E-state index in [0.29, 0.717) is 0 Å². The molecule has 15 aromatic carbocycles. The molecule has 88 heavy (non-hydrogen) atoms. The Balaban J connectivity index is 0.778. The molecule has 0 radical (unpaired) electrons. The molecule has 0 saturated heterocycles. The van der Waals surface area contributed by atoms with Crippen LogP contribution in [0.2, 0.25) is 0 Å². The highest BCUT2D eigenvalue weighted by atomic mass is 15.0. The Bertz CT molecular complexity index is 4930. The molecular weight excluding hydrogens is 1060 g/mol. The Morgan fingerprint density at radius 1 is 0.136 bits per heavy atom. The highest BCUT2D eigenvalue weighted by Crippen LogP contribution is 2.47. The lowest BCUT2D eigenvalue weighted by Gasteiger charge is -2.20. The molecule has 410 valence electrons. The molecule has 2 heteroatoms. The molecule has 2 aromatic heterocycles. The van der Waals surface area contributed by atoms with Crippen molar-refractivity contribution in [2.45, 2.75) is 0 Å². The van der Waals surface area contributed by atoms with Gasteiger partial charge in [-0.3, -0.25) is 0 Å². The third kappa shape index (κ3) is 8.73. The summed E-state index contributed by atoms with van der Waals surface area (Å²) in [6, 6.07) is 125. The van der Waals surface area contributed by atoms with E-state index in [4.69, 9.17) is 0 Å². The van der Waals surface area contributed by atoms with Crippen molar-refractivity contribution in [3.05, 3.63) is 340 Å². The average Bonchev–Trinajstić information content (AvgIpc) is 1.46. The van der Waals surface area contributed by atoms with E-state index < -0.39 is 0 Å². The molecule has 0 aliphatic rings. The van der Waals surface area contributed by atoms with Crippen molar-refractivity contribution in [2.24, 2.45) is 0 Å². The Hall–Kier alpha value is -11.6. The first-order chi connectivity index (χ1) is 43.6. The van der Waals surface area contributed by atoms with E-state index in [0.717, 1.165) is 22.5 Å². The molecule has 2 heterocycles. The van der Waals surface area contributed by atoms with Crippen molar-refractivity contribution < 1.29 is 0 Å². The second-order valence-corrected chi connectivity index (χ2v) is 23.2. The molecule has 0 aliphatic carbocycles. The zero-order valence-electron chi connectivity index (χ0n) is 48.2. The lowest BCUT2D eigenvalue weighted by Crippen LogP contribution is -1.95. The zero-order valence-corrected chi connectivity index (χ0v) is 48.2. The molecule has 0 saturated carbocycles. The van der Waals surface area contributed by atoms with Crippen LogP contribution in [-0.2, 0) is 0 Å². The van der Waals surface area contributed by atoms with E-state index in [-0.39, 0.29) is 0 Å². The lowest BCUT2D eigenvalue weighted by molar-refractivity contribution is 1.18. The van der Waals surface area contributed by atoms with Gasteiger partial charge in [0.25, 0.3) is 0 Å². The Morgan fingerprint density at radius 2 is 0.341 bits per heavy atom. The van der Waals surface area contributed by atoms with Gasteiger partial charge < -0.3 is 9.13 Å². The van der Waals surface area contributed by atoms with Gasteiger partial charge in [-0.25, -0.2) is 0 Å². The Morgan fingerprint density at radius 3 is 0.602 bits per heavy atom. The molecule has 0 spiro atoms. The summed E-state index contributed by atoms with van der Waals surface area (Å²) in [6.07, 6.45) is 0. The predicted molar refractivity (Wildman–Crippen MR) is 374 cm³/mol. The van der Waals surface area contributed by atoms with E-state index in [1.807, 2.05) is 0 Å². The van der Waals surface area contributed by atoms with Crippen LogP contribution in [0, 0.1) is 0 Å². The number of fused-ring (bicyclic) bond motifs is 8. The maximum Gasteiger partial charge on any atom is 0.0541 e. The Kier molecular flexibility index (Phi) is 12.3. The summed E-state index contributed by atoms with van der Waals surface area (Å²) in [5.41, 5.74) is 26.2. The van der Waals surface area contributed by atoms with Crippen molar-refractivity contribution >= 4 is 65.2 Å². The molecule has 2 nitrogen and oxygen atoms in total. The van der Waals surface area contributed by atoms with E-state index in [2.05, 4.69) is 349 Å². The summed E-state index contributed by atoms with van der Waals surface area (Å²) in [4.78, 5) is 0. The van der Waals surface area contributed by atoms with Gasteiger partial charge in [-0.05, 0) is 195 Å². The summed E-state index contributed by atoms with van der Waals surface area (Å²) in [5, 5.41) is 9.83. The van der Waals surface area contributed by atoms with Gasteiger partial charge in [-0.1, -0.05) is 255 Å². The Labute approximate surface area is 511 Å². The third-order valence-electron chi connectivity index (χ3n) is 18.1. The number of hydrogen-bond acceptors (Lipinski definition) is 0. The highest BCUT2D eigenvalue weighted by Gasteiger charge is 2.21. The van der Waals surface area contributed by atoms with E-state index in [1.54, 1.807) is 0 Å². The average molecular weight is 1120 g/mol. The van der Waals surface area contributed by atoms with Crippen molar-refractivity contribution in [3.63, 3.8) is 0 Å². The molecule has 0 N–H and O–H groups in total. The van der Waals surface area contributed by atoms with Crippen LogP contribution in [0.15, 0.2) is 340 Å². The van der Waals surface area contributed by atoms with Crippen LogP contribution in [0.3, 0.4) is 0 Å². The topological polar surface area (TPSA) is 9.86 Å². The van der Waals surface area contributed by atoms with Crippen LogP contribution in [0.5, 0.6) is 0 Å². The third-order valence-corrected chi connectivity index (χ3v) is 18.1. The highest BCUT2D eigenvalue weighted by molar-refractivity contribution is 6.23. The zero-order chi connectivity index (χ0) is 58.1. The van der Waals surface area contributed by atoms with Crippen molar-refractivity contribution in [1.29, 1.82) is 0 Å². The number of aromatic nitrogens is 2. The maximum atomic E-state index is 2.43. The van der Waals surface area contributed by atoms with Gasteiger partial charge in [0.15, 0.2) is 0 Å². The largest absolute Gasteiger partial charge is 0.309 e. The summed E-state index contributed by atoms with van der Waals surface area (Å²) >= 11 is 0. The number of nitrogens with zero attached hydrogens (tertiary/aromatic N) is 2. The minimum Gasteiger partial charge on any atom is -0.309 e. The van der Waals surface area contributed by atoms with Gasteiger partial charge in [-0.2, -0.15) is 0 Å². The number of hydrogen-bond donors (Lipinski definition) is 0. The summed E-state index contributed by atoms with van der Waals surface area (Å²) in [5.74, 6) is 0.